The molecule has 2 aliphatic rings. The molecule has 0 aliphatic carbocycles. The predicted molar refractivity (Wildman–Crippen MR) is 128 cm³/mol. The van der Waals surface area contributed by atoms with Gasteiger partial charge in [-0.3, -0.25) is 14.4 Å². The Kier molecular flexibility index (Phi) is 6.76. The number of halogens is 2. The minimum Gasteiger partial charge on any atom is -0.333 e. The Morgan fingerprint density at radius 2 is 1.50 bits per heavy atom. The molecule has 2 aromatic carbocycles. The molecule has 3 amide bonds. The molecule has 166 valence electrons. The minimum absolute atomic E-state index is 0.174. The van der Waals surface area contributed by atoms with Crippen molar-refractivity contribution < 1.29 is 14.4 Å². The van der Waals surface area contributed by atoms with Gasteiger partial charge in [0.2, 0.25) is 0 Å². The summed E-state index contributed by atoms with van der Waals surface area (Å²) in [6, 6.07) is 15.3. The van der Waals surface area contributed by atoms with Crippen LogP contribution in [-0.4, -0.2) is 64.4 Å². The number of piperazine rings is 1. The number of carbonyl (C=O) groups excluding carboxylic acids is 3. The number of amides is 3. The Bertz CT molecular complexity index is 1070. The number of hydrogen-bond acceptors (Lipinski definition) is 4. The summed E-state index contributed by atoms with van der Waals surface area (Å²) in [6.07, 6.45) is 0.561. The van der Waals surface area contributed by atoms with E-state index in [1.807, 2.05) is 55.5 Å². The molecule has 1 fully saturated rings. The van der Waals surface area contributed by atoms with Gasteiger partial charge in [-0.1, -0.05) is 56.1 Å². The molecule has 0 radical (unpaired) electrons. The van der Waals surface area contributed by atoms with Crippen molar-refractivity contribution >= 4 is 55.3 Å². The highest BCUT2D eigenvalue weighted by molar-refractivity contribution is 9.10. The molecule has 7 nitrogen and oxygen atoms in total. The molecule has 0 saturated carbocycles. The quantitative estimate of drug-likeness (QED) is 0.524. The molecule has 0 bridgehead atoms. The lowest BCUT2D eigenvalue weighted by Crippen LogP contribution is -2.56. The first-order valence-electron chi connectivity index (χ1n) is 10.4. The van der Waals surface area contributed by atoms with Crippen LogP contribution in [0.3, 0.4) is 0 Å². The minimum atomic E-state index is -0.636. The molecule has 0 unspecified atom stereocenters. The van der Waals surface area contributed by atoms with Gasteiger partial charge in [-0.05, 0) is 42.3 Å². The van der Waals surface area contributed by atoms with Crippen LogP contribution in [0.15, 0.2) is 62.6 Å². The third kappa shape index (κ3) is 4.63. The second kappa shape index (κ2) is 9.54. The summed E-state index contributed by atoms with van der Waals surface area (Å²) in [6.45, 7) is 2.90. The first-order chi connectivity index (χ1) is 15.4. The fraction of sp³-hybridized carbons (Fsp3) is 0.304. The van der Waals surface area contributed by atoms with Gasteiger partial charge in [0.25, 0.3) is 5.91 Å². The van der Waals surface area contributed by atoms with Crippen LogP contribution < -0.4 is 0 Å². The largest absolute Gasteiger partial charge is 0.333 e. The van der Waals surface area contributed by atoms with E-state index in [2.05, 4.69) is 37.0 Å². The molecule has 2 aromatic rings. The van der Waals surface area contributed by atoms with Crippen molar-refractivity contribution in [2.75, 3.05) is 26.2 Å². The van der Waals surface area contributed by atoms with E-state index >= 15 is 0 Å². The van der Waals surface area contributed by atoms with Crippen molar-refractivity contribution in [3.63, 3.8) is 0 Å². The number of hydrazone groups is 1. The zero-order chi connectivity index (χ0) is 22.8. The van der Waals surface area contributed by atoms with Crippen LogP contribution in [-0.2, 0) is 14.4 Å². The zero-order valence-electron chi connectivity index (χ0n) is 17.5. The molecule has 32 heavy (non-hydrogen) atoms. The smallest absolute Gasteiger partial charge is 0.312 e. The summed E-state index contributed by atoms with van der Waals surface area (Å²) >= 11 is 6.89. The average Bonchev–Trinajstić information content (AvgIpc) is 3.24. The van der Waals surface area contributed by atoms with Crippen LogP contribution in [0, 0.1) is 0 Å². The summed E-state index contributed by atoms with van der Waals surface area (Å²) in [5.74, 6) is -1.50. The first kappa shape index (κ1) is 22.7. The van der Waals surface area contributed by atoms with E-state index in [9.17, 15) is 14.4 Å². The van der Waals surface area contributed by atoms with Crippen molar-refractivity contribution in [1.82, 2.24) is 14.8 Å². The first-order valence-corrected chi connectivity index (χ1v) is 11.9. The highest BCUT2D eigenvalue weighted by Crippen LogP contribution is 2.33. The highest BCUT2D eigenvalue weighted by atomic mass is 79.9. The van der Waals surface area contributed by atoms with E-state index in [1.165, 1.54) is 14.8 Å². The number of rotatable bonds is 5. The maximum Gasteiger partial charge on any atom is 0.312 e. The second-order valence-electron chi connectivity index (χ2n) is 7.67. The molecule has 0 N–H and O–H groups in total. The Morgan fingerprint density at radius 1 is 0.938 bits per heavy atom. The number of hydrogen-bond donors (Lipinski definition) is 0. The SMILES string of the molecule is CCN1CCN(CC(=O)N2N=C(c3ccc(Br)cc3)C[C@H]2c2ccc(Br)cc2)C(=O)C1=O. The van der Waals surface area contributed by atoms with Crippen LogP contribution in [0.25, 0.3) is 0 Å². The molecule has 4 rings (SSSR count). The maximum atomic E-state index is 13.3. The molecule has 1 saturated heterocycles. The number of benzene rings is 2. The van der Waals surface area contributed by atoms with Crippen LogP contribution >= 0.6 is 31.9 Å². The van der Waals surface area contributed by atoms with E-state index in [1.54, 1.807) is 0 Å². The molecular weight excluding hydrogens is 540 g/mol. The van der Waals surface area contributed by atoms with Crippen LogP contribution in [0.5, 0.6) is 0 Å². The van der Waals surface area contributed by atoms with Gasteiger partial charge in [0, 0.05) is 35.0 Å². The lowest BCUT2D eigenvalue weighted by Gasteiger charge is -2.33. The van der Waals surface area contributed by atoms with Gasteiger partial charge >= 0.3 is 11.8 Å². The fourth-order valence-corrected chi connectivity index (χ4v) is 4.43. The van der Waals surface area contributed by atoms with Gasteiger partial charge in [-0.15, -0.1) is 0 Å². The molecule has 2 heterocycles. The highest BCUT2D eigenvalue weighted by Gasteiger charge is 2.37. The van der Waals surface area contributed by atoms with E-state index in [0.29, 0.717) is 26.1 Å². The van der Waals surface area contributed by atoms with Crippen LogP contribution in [0.4, 0.5) is 0 Å². The lowest BCUT2D eigenvalue weighted by molar-refractivity contribution is -0.157. The molecule has 1 atom stereocenters. The van der Waals surface area contributed by atoms with Crippen molar-refractivity contribution in [2.45, 2.75) is 19.4 Å². The fourth-order valence-electron chi connectivity index (χ4n) is 3.90. The molecular formula is C23H22Br2N4O3. The molecule has 0 aromatic heterocycles. The van der Waals surface area contributed by atoms with Gasteiger partial charge in [0.1, 0.15) is 6.54 Å². The van der Waals surface area contributed by atoms with Crippen molar-refractivity contribution in [3.8, 4) is 0 Å². The maximum absolute atomic E-state index is 13.3. The monoisotopic (exact) mass is 560 g/mol. The summed E-state index contributed by atoms with van der Waals surface area (Å²) in [5.41, 5.74) is 2.70. The summed E-state index contributed by atoms with van der Waals surface area (Å²) in [5, 5.41) is 6.11. The van der Waals surface area contributed by atoms with Gasteiger partial charge in [0.15, 0.2) is 0 Å². The standard InChI is InChI=1S/C23H22Br2N4O3/c1-2-27-11-12-28(23(32)22(27)31)14-21(30)29-20(16-5-9-18(25)10-6-16)13-19(26-29)15-3-7-17(24)8-4-15/h3-10,20H,2,11-14H2,1H3/t20-/m0/s1. The summed E-state index contributed by atoms with van der Waals surface area (Å²) < 4.78 is 1.91. The zero-order valence-corrected chi connectivity index (χ0v) is 20.7. The van der Waals surface area contributed by atoms with E-state index < -0.39 is 11.8 Å². The van der Waals surface area contributed by atoms with Crippen LogP contribution in [0.1, 0.15) is 30.5 Å². The topological polar surface area (TPSA) is 73.3 Å². The molecule has 0 spiro atoms. The third-order valence-electron chi connectivity index (χ3n) is 5.70. The van der Waals surface area contributed by atoms with Crippen molar-refractivity contribution in [2.24, 2.45) is 5.10 Å². The van der Waals surface area contributed by atoms with E-state index in [0.717, 1.165) is 25.8 Å². The second-order valence-corrected chi connectivity index (χ2v) is 9.51. The Hall–Kier alpha value is -2.52. The number of nitrogens with zero attached hydrogens (tertiary/aromatic N) is 4. The number of likely N-dealkylation sites (N-methyl/N-ethyl adjacent to an activating group) is 1. The Labute approximate surface area is 203 Å². The van der Waals surface area contributed by atoms with E-state index in [-0.39, 0.29) is 18.5 Å². The lowest BCUT2D eigenvalue weighted by atomic mass is 9.98. The molecule has 9 heteroatoms. The van der Waals surface area contributed by atoms with Gasteiger partial charge in [-0.2, -0.15) is 5.10 Å². The van der Waals surface area contributed by atoms with Gasteiger partial charge in [0.05, 0.1) is 11.8 Å². The van der Waals surface area contributed by atoms with Crippen molar-refractivity contribution in [3.05, 3.63) is 68.6 Å². The summed E-state index contributed by atoms with van der Waals surface area (Å²) in [7, 11) is 0. The van der Waals surface area contributed by atoms with Crippen LogP contribution in [0.2, 0.25) is 0 Å². The normalized spacial score (nSPS) is 18.9. The van der Waals surface area contributed by atoms with Gasteiger partial charge < -0.3 is 9.80 Å². The Balaban J connectivity index is 1.59. The third-order valence-corrected chi connectivity index (χ3v) is 6.76. The predicted octanol–water partition coefficient (Wildman–Crippen LogP) is 3.58. The summed E-state index contributed by atoms with van der Waals surface area (Å²) in [4.78, 5) is 40.8. The van der Waals surface area contributed by atoms with Gasteiger partial charge in [-0.25, -0.2) is 5.01 Å². The molecule has 2 aliphatic heterocycles. The number of carbonyl (C=O) groups is 3. The van der Waals surface area contributed by atoms with E-state index in [4.69, 9.17) is 0 Å². The average molecular weight is 562 g/mol. The Morgan fingerprint density at radius 3 is 2.12 bits per heavy atom. The van der Waals surface area contributed by atoms with Crippen molar-refractivity contribution in [1.29, 1.82) is 0 Å².